The molecule has 6 nitrogen and oxygen atoms in total. The zero-order valence-electron chi connectivity index (χ0n) is 18.8. The normalized spacial score (nSPS) is 18.5. The summed E-state index contributed by atoms with van der Waals surface area (Å²) >= 11 is 0. The first-order valence-electron chi connectivity index (χ1n) is 10.9. The van der Waals surface area contributed by atoms with E-state index >= 15 is 0 Å². The molecule has 2 aliphatic rings. The fraction of sp³-hybridized carbons (Fsp3) is 0.520. The maximum atomic E-state index is 13.2. The summed E-state index contributed by atoms with van der Waals surface area (Å²) in [5, 5.41) is 2.53. The molecule has 6 heteroatoms. The second-order valence-corrected chi connectivity index (χ2v) is 8.77. The Kier molecular flexibility index (Phi) is 6.64. The van der Waals surface area contributed by atoms with Crippen molar-refractivity contribution >= 4 is 23.4 Å². The molecule has 1 aliphatic carbocycles. The highest BCUT2D eigenvalue weighted by Gasteiger charge is 2.48. The molecule has 0 bridgehead atoms. The van der Waals surface area contributed by atoms with Gasteiger partial charge in [0.25, 0.3) is 0 Å². The van der Waals surface area contributed by atoms with Crippen LogP contribution in [0.3, 0.4) is 0 Å². The number of likely N-dealkylation sites (tertiary alicyclic amines) is 1. The van der Waals surface area contributed by atoms with Crippen LogP contribution in [-0.4, -0.2) is 47.9 Å². The number of carbonyl (C=O) groups is 4. The molecule has 1 saturated heterocycles. The van der Waals surface area contributed by atoms with Gasteiger partial charge in [-0.3, -0.25) is 19.2 Å². The van der Waals surface area contributed by atoms with Crippen molar-refractivity contribution in [2.75, 3.05) is 19.6 Å². The minimum atomic E-state index is -0.718. The zero-order chi connectivity index (χ0) is 22.8. The van der Waals surface area contributed by atoms with E-state index in [1.807, 2.05) is 26.0 Å². The topological polar surface area (TPSA) is 83.6 Å². The predicted octanol–water partition coefficient (Wildman–Crippen LogP) is 2.44. The van der Waals surface area contributed by atoms with E-state index < -0.39 is 23.1 Å². The van der Waals surface area contributed by atoms with E-state index in [0.29, 0.717) is 45.3 Å². The molecule has 2 fully saturated rings. The van der Waals surface area contributed by atoms with E-state index in [9.17, 15) is 19.2 Å². The number of ketones is 2. The maximum absolute atomic E-state index is 13.2. The molecule has 1 saturated carbocycles. The summed E-state index contributed by atoms with van der Waals surface area (Å²) in [5.41, 5.74) is 3.14. The molecule has 0 radical (unpaired) electrons. The summed E-state index contributed by atoms with van der Waals surface area (Å²) in [6.07, 6.45) is 1.79. The van der Waals surface area contributed by atoms with Gasteiger partial charge >= 0.3 is 11.8 Å². The third-order valence-electron chi connectivity index (χ3n) is 6.54. The van der Waals surface area contributed by atoms with Crippen LogP contribution < -0.4 is 5.32 Å². The lowest BCUT2D eigenvalue weighted by Gasteiger charge is -2.44. The monoisotopic (exact) mass is 422 g/mol. The van der Waals surface area contributed by atoms with Crippen molar-refractivity contribution in [3.8, 4) is 11.8 Å². The van der Waals surface area contributed by atoms with Gasteiger partial charge in [0.15, 0.2) is 0 Å². The van der Waals surface area contributed by atoms with Crippen LogP contribution in [0.5, 0.6) is 0 Å². The van der Waals surface area contributed by atoms with Crippen molar-refractivity contribution in [1.82, 2.24) is 10.2 Å². The Morgan fingerprint density at radius 1 is 1.10 bits per heavy atom. The summed E-state index contributed by atoms with van der Waals surface area (Å²) in [6.45, 7) is 8.59. The van der Waals surface area contributed by atoms with E-state index in [2.05, 4.69) is 17.2 Å². The number of rotatable bonds is 2. The highest BCUT2D eigenvalue weighted by molar-refractivity contribution is 6.35. The quantitative estimate of drug-likeness (QED) is 0.451. The molecule has 2 amide bonds. The van der Waals surface area contributed by atoms with Gasteiger partial charge in [-0.25, -0.2) is 0 Å². The Balaban J connectivity index is 1.75. The Hall–Kier alpha value is -2.94. The van der Waals surface area contributed by atoms with Gasteiger partial charge in [-0.2, -0.15) is 0 Å². The van der Waals surface area contributed by atoms with Crippen LogP contribution in [-0.2, 0) is 19.2 Å². The lowest BCUT2D eigenvalue weighted by molar-refractivity contribution is -0.148. The lowest BCUT2D eigenvalue weighted by atomic mass is 9.62. The molecule has 1 aromatic rings. The molecule has 0 atom stereocenters. The van der Waals surface area contributed by atoms with Gasteiger partial charge in [0, 0.05) is 38.0 Å². The van der Waals surface area contributed by atoms with E-state index in [1.54, 1.807) is 13.8 Å². The Morgan fingerprint density at radius 2 is 1.65 bits per heavy atom. The van der Waals surface area contributed by atoms with Gasteiger partial charge in [-0.1, -0.05) is 5.92 Å². The van der Waals surface area contributed by atoms with E-state index in [1.165, 1.54) is 4.90 Å². The molecule has 1 heterocycles. The summed E-state index contributed by atoms with van der Waals surface area (Å²) in [4.78, 5) is 52.0. The van der Waals surface area contributed by atoms with Crippen LogP contribution in [0, 0.1) is 31.1 Å². The number of benzene rings is 1. The Labute approximate surface area is 183 Å². The number of amides is 2. The van der Waals surface area contributed by atoms with Crippen LogP contribution in [0.25, 0.3) is 0 Å². The number of hydrogen-bond donors (Lipinski definition) is 1. The molecule has 0 aromatic heterocycles. The standard InChI is InChI=1S/C25H30N2O4/c1-5-7-18-12-16(3)21(17(4)13-18)22-19(28)14-25(15-20(22)29)8-10-27(11-9-25)24(31)23(30)26-6-2/h12-13,22H,6,8-11,14-15H2,1-4H3,(H,26,30). The third kappa shape index (κ3) is 4.56. The molecule has 1 aromatic carbocycles. The lowest BCUT2D eigenvalue weighted by Crippen LogP contribution is -2.51. The average molecular weight is 423 g/mol. The number of nitrogens with one attached hydrogen (secondary N) is 1. The molecule has 0 unspecified atom stereocenters. The number of Topliss-reactive ketones (excluding diaryl/α,β-unsaturated/α-hetero) is 2. The first-order chi connectivity index (χ1) is 14.7. The molecule has 1 aliphatic heterocycles. The van der Waals surface area contributed by atoms with E-state index in [-0.39, 0.29) is 11.6 Å². The van der Waals surface area contributed by atoms with Gasteiger partial charge in [-0.15, -0.1) is 5.92 Å². The summed E-state index contributed by atoms with van der Waals surface area (Å²) in [6, 6.07) is 3.88. The van der Waals surface area contributed by atoms with Crippen molar-refractivity contribution in [1.29, 1.82) is 0 Å². The van der Waals surface area contributed by atoms with Crippen LogP contribution in [0.2, 0.25) is 0 Å². The maximum Gasteiger partial charge on any atom is 0.311 e. The fourth-order valence-electron chi connectivity index (χ4n) is 5.07. The number of nitrogens with zero attached hydrogens (tertiary/aromatic N) is 1. The first kappa shape index (κ1) is 22.7. The fourth-order valence-corrected chi connectivity index (χ4v) is 5.07. The van der Waals surface area contributed by atoms with Gasteiger partial charge in [0.2, 0.25) is 0 Å². The highest BCUT2D eigenvalue weighted by Crippen LogP contribution is 2.46. The number of piperidine rings is 1. The molecule has 164 valence electrons. The van der Waals surface area contributed by atoms with Crippen LogP contribution in [0.1, 0.15) is 67.7 Å². The van der Waals surface area contributed by atoms with E-state index in [0.717, 1.165) is 22.3 Å². The second-order valence-electron chi connectivity index (χ2n) is 8.77. The minimum Gasteiger partial charge on any atom is -0.348 e. The summed E-state index contributed by atoms with van der Waals surface area (Å²) in [7, 11) is 0. The van der Waals surface area contributed by atoms with Crippen LogP contribution in [0.4, 0.5) is 0 Å². The van der Waals surface area contributed by atoms with Crippen LogP contribution >= 0.6 is 0 Å². The van der Waals surface area contributed by atoms with Gasteiger partial charge < -0.3 is 10.2 Å². The molecule has 1 spiro atoms. The van der Waals surface area contributed by atoms with Crippen molar-refractivity contribution in [2.45, 2.75) is 59.3 Å². The van der Waals surface area contributed by atoms with Crippen molar-refractivity contribution in [3.05, 3.63) is 34.4 Å². The molecule has 31 heavy (non-hydrogen) atoms. The number of aryl methyl sites for hydroxylation is 2. The zero-order valence-corrected chi connectivity index (χ0v) is 18.8. The summed E-state index contributed by atoms with van der Waals surface area (Å²) in [5.74, 6) is 3.98. The van der Waals surface area contributed by atoms with E-state index in [4.69, 9.17) is 0 Å². The van der Waals surface area contributed by atoms with Crippen LogP contribution in [0.15, 0.2) is 12.1 Å². The highest BCUT2D eigenvalue weighted by atomic mass is 16.2. The minimum absolute atomic E-state index is 0.0414. The SMILES string of the molecule is CC#Cc1cc(C)c(C2C(=O)CC3(CCN(C(=O)C(=O)NCC)CC3)CC2=O)c(C)c1. The summed E-state index contributed by atoms with van der Waals surface area (Å²) < 4.78 is 0. The molecule has 1 N–H and O–H groups in total. The first-order valence-corrected chi connectivity index (χ1v) is 10.9. The van der Waals surface area contributed by atoms with Crippen molar-refractivity contribution < 1.29 is 19.2 Å². The van der Waals surface area contributed by atoms with Gasteiger partial charge in [0.1, 0.15) is 17.5 Å². The number of hydrogen-bond acceptors (Lipinski definition) is 4. The number of carbonyl (C=O) groups excluding carboxylic acids is 4. The average Bonchev–Trinajstić information content (AvgIpc) is 2.70. The second kappa shape index (κ2) is 9.05. The third-order valence-corrected chi connectivity index (χ3v) is 6.54. The van der Waals surface area contributed by atoms with Gasteiger partial charge in [0.05, 0.1) is 0 Å². The molecule has 3 rings (SSSR count). The predicted molar refractivity (Wildman–Crippen MR) is 117 cm³/mol. The molecular formula is C25H30N2O4. The Morgan fingerprint density at radius 3 is 2.13 bits per heavy atom. The smallest absolute Gasteiger partial charge is 0.311 e. The van der Waals surface area contributed by atoms with Crippen molar-refractivity contribution in [3.63, 3.8) is 0 Å². The van der Waals surface area contributed by atoms with Crippen molar-refractivity contribution in [2.24, 2.45) is 5.41 Å². The Bertz CT molecular complexity index is 948. The number of likely N-dealkylation sites (N-methyl/N-ethyl adjacent to an activating group) is 1. The van der Waals surface area contributed by atoms with Gasteiger partial charge in [-0.05, 0) is 74.8 Å². The largest absolute Gasteiger partial charge is 0.348 e. The molecular weight excluding hydrogens is 392 g/mol.